The van der Waals surface area contributed by atoms with Crippen molar-refractivity contribution < 1.29 is 14.3 Å². The van der Waals surface area contributed by atoms with Gasteiger partial charge in [-0.3, -0.25) is 14.4 Å². The van der Waals surface area contributed by atoms with Gasteiger partial charge in [0.1, 0.15) is 11.6 Å². The number of likely N-dealkylation sites (N-methyl/N-ethyl adjacent to an activating group) is 1. The summed E-state index contributed by atoms with van der Waals surface area (Å²) in [6.07, 6.45) is 1.24. The van der Waals surface area contributed by atoms with Crippen molar-refractivity contribution in [3.63, 3.8) is 0 Å². The van der Waals surface area contributed by atoms with Crippen LogP contribution in [0.4, 0.5) is 4.39 Å². The number of benzene rings is 3. The largest absolute Gasteiger partial charge is 0.508 e. The molecule has 8 nitrogen and oxygen atoms in total. The monoisotopic (exact) mass is 516 g/mol. The molecule has 38 heavy (non-hydrogen) atoms. The van der Waals surface area contributed by atoms with E-state index in [2.05, 4.69) is 6.58 Å². The Bertz CT molecular complexity index is 1700. The van der Waals surface area contributed by atoms with E-state index in [4.69, 9.17) is 0 Å². The van der Waals surface area contributed by atoms with Gasteiger partial charge < -0.3 is 24.0 Å². The minimum atomic E-state index is -0.722. The predicted octanol–water partition coefficient (Wildman–Crippen LogP) is 3.03. The van der Waals surface area contributed by atoms with Gasteiger partial charge in [-0.25, -0.2) is 4.39 Å². The number of carbonyl (C=O) groups is 1. The summed E-state index contributed by atoms with van der Waals surface area (Å²) in [5.41, 5.74) is 0.0445. The van der Waals surface area contributed by atoms with Gasteiger partial charge in [-0.15, -0.1) is 0 Å². The van der Waals surface area contributed by atoms with E-state index in [-0.39, 0.29) is 36.2 Å². The molecule has 1 fully saturated rings. The number of rotatable bonds is 7. The number of fused-ring (bicyclic) bond motifs is 2. The van der Waals surface area contributed by atoms with Gasteiger partial charge in [0.05, 0.1) is 11.0 Å². The lowest BCUT2D eigenvalue weighted by Gasteiger charge is -2.39. The van der Waals surface area contributed by atoms with Crippen LogP contribution in [0.25, 0.3) is 32.9 Å². The van der Waals surface area contributed by atoms with Crippen molar-refractivity contribution in [2.24, 2.45) is 5.92 Å². The normalized spacial score (nSPS) is 13.8. The fourth-order valence-corrected chi connectivity index (χ4v) is 5.11. The van der Waals surface area contributed by atoms with E-state index in [9.17, 15) is 19.5 Å². The maximum atomic E-state index is 15.8. The maximum Gasteiger partial charge on any atom is 0.316 e. The smallest absolute Gasteiger partial charge is 0.316 e. The van der Waals surface area contributed by atoms with Gasteiger partial charge >= 0.3 is 11.1 Å². The molecule has 0 bridgehead atoms. The van der Waals surface area contributed by atoms with Crippen molar-refractivity contribution in [1.82, 2.24) is 18.9 Å². The molecule has 4 aromatic rings. The van der Waals surface area contributed by atoms with E-state index in [1.807, 2.05) is 43.3 Å². The van der Waals surface area contributed by atoms with Crippen LogP contribution in [0.3, 0.4) is 0 Å². The summed E-state index contributed by atoms with van der Waals surface area (Å²) >= 11 is 0. The van der Waals surface area contributed by atoms with Crippen molar-refractivity contribution in [1.29, 1.82) is 0 Å². The first kappa shape index (κ1) is 25.4. The molecule has 0 spiro atoms. The lowest BCUT2D eigenvalue weighted by molar-refractivity contribution is -0.132. The maximum absolute atomic E-state index is 15.8. The Hall–Kier alpha value is -4.24. The molecule has 196 valence electrons. The van der Waals surface area contributed by atoms with Crippen molar-refractivity contribution in [3.05, 3.63) is 87.7 Å². The Kier molecular flexibility index (Phi) is 6.62. The molecule has 0 saturated carbocycles. The second kappa shape index (κ2) is 9.90. The second-order valence-corrected chi connectivity index (χ2v) is 10.0. The predicted molar refractivity (Wildman–Crippen MR) is 146 cm³/mol. The van der Waals surface area contributed by atoms with Crippen molar-refractivity contribution in [2.45, 2.75) is 13.1 Å². The minimum Gasteiger partial charge on any atom is -0.508 e. The highest BCUT2D eigenvalue weighted by Crippen LogP contribution is 2.35. The van der Waals surface area contributed by atoms with Gasteiger partial charge in [0.2, 0.25) is 5.91 Å². The number of phenolic OH excluding ortho intramolecular Hbond substituents is 1. The van der Waals surface area contributed by atoms with Crippen LogP contribution in [-0.4, -0.2) is 63.7 Å². The third kappa shape index (κ3) is 4.50. The molecule has 0 unspecified atom stereocenters. The second-order valence-electron chi connectivity index (χ2n) is 10.0. The Labute approximate surface area is 218 Å². The fraction of sp³-hybridized carbons (Fsp3) is 0.276. The number of phenols is 1. The highest BCUT2D eigenvalue weighted by atomic mass is 19.1. The highest BCUT2D eigenvalue weighted by molar-refractivity contribution is 5.99. The Balaban J connectivity index is 1.70. The Morgan fingerprint density at radius 1 is 1.05 bits per heavy atom. The fourth-order valence-electron chi connectivity index (χ4n) is 5.11. The molecule has 1 aliphatic rings. The van der Waals surface area contributed by atoms with E-state index >= 15 is 4.39 Å². The quantitative estimate of drug-likeness (QED) is 0.301. The minimum absolute atomic E-state index is 0.00299. The first-order valence-electron chi connectivity index (χ1n) is 12.4. The van der Waals surface area contributed by atoms with Crippen LogP contribution in [0.15, 0.2) is 70.8 Å². The van der Waals surface area contributed by atoms with Crippen LogP contribution in [0, 0.1) is 11.7 Å². The average Bonchev–Trinajstić information content (AvgIpc) is 2.86. The van der Waals surface area contributed by atoms with Crippen molar-refractivity contribution >= 4 is 27.7 Å². The molecule has 0 aliphatic carbocycles. The summed E-state index contributed by atoms with van der Waals surface area (Å²) in [5, 5.41) is 11.9. The van der Waals surface area contributed by atoms with E-state index < -0.39 is 16.9 Å². The van der Waals surface area contributed by atoms with Crippen LogP contribution in [0.1, 0.15) is 0 Å². The van der Waals surface area contributed by atoms with Crippen LogP contribution in [0.2, 0.25) is 0 Å². The molecular formula is C29H29FN4O4. The third-order valence-electron chi connectivity index (χ3n) is 7.11. The Morgan fingerprint density at radius 3 is 2.45 bits per heavy atom. The molecular weight excluding hydrogens is 487 g/mol. The average molecular weight is 517 g/mol. The Morgan fingerprint density at radius 2 is 1.74 bits per heavy atom. The summed E-state index contributed by atoms with van der Waals surface area (Å²) in [6.45, 7) is 5.29. The number of halogens is 1. The van der Waals surface area contributed by atoms with E-state index in [0.717, 1.165) is 10.8 Å². The molecule has 9 heteroatoms. The number of hydrogen-bond donors (Lipinski definition) is 1. The molecule has 5 rings (SSSR count). The number of amides is 1. The van der Waals surface area contributed by atoms with Gasteiger partial charge in [0, 0.05) is 50.3 Å². The van der Waals surface area contributed by atoms with Crippen molar-refractivity contribution in [2.75, 3.05) is 33.7 Å². The van der Waals surface area contributed by atoms with Gasteiger partial charge in [-0.2, -0.15) is 0 Å². The molecule has 1 aromatic heterocycles. The summed E-state index contributed by atoms with van der Waals surface area (Å²) in [4.78, 5) is 41.9. The molecule has 1 saturated heterocycles. The zero-order valence-electron chi connectivity index (χ0n) is 21.4. The van der Waals surface area contributed by atoms with Crippen LogP contribution < -0.4 is 11.1 Å². The standard InChI is InChI=1S/C29H29FN4O4/c1-4-27(36)32-15-18(16-32)17-34-26-14-24(30)23(22-12-20(35)11-19-7-5-6-8-21(19)22)13-25(26)33(10-9-31(2)3)28(37)29(34)38/h4-8,11-14,18,35H,1,9-10,15-17H2,2-3H3. The molecule has 0 atom stereocenters. The topological polar surface area (TPSA) is 87.8 Å². The first-order chi connectivity index (χ1) is 18.2. The lowest BCUT2D eigenvalue weighted by atomic mass is 9.96. The molecule has 1 aliphatic heterocycles. The summed E-state index contributed by atoms with van der Waals surface area (Å²) in [6, 6.07) is 13.4. The highest BCUT2D eigenvalue weighted by Gasteiger charge is 2.31. The summed E-state index contributed by atoms with van der Waals surface area (Å²) in [5.74, 6) is -0.811. The molecule has 3 aromatic carbocycles. The van der Waals surface area contributed by atoms with Crippen LogP contribution in [0.5, 0.6) is 5.75 Å². The number of nitrogens with zero attached hydrogens (tertiary/aromatic N) is 4. The van der Waals surface area contributed by atoms with Crippen molar-refractivity contribution in [3.8, 4) is 16.9 Å². The van der Waals surface area contributed by atoms with Gasteiger partial charge in [-0.05, 0) is 54.7 Å². The van der Waals surface area contributed by atoms with Gasteiger partial charge in [0.15, 0.2) is 0 Å². The zero-order chi connectivity index (χ0) is 27.1. The number of likely N-dealkylation sites (tertiary alicyclic amines) is 1. The number of aromatic hydroxyl groups is 1. The first-order valence-corrected chi connectivity index (χ1v) is 12.4. The molecule has 1 amide bonds. The molecule has 2 heterocycles. The van der Waals surface area contributed by atoms with Gasteiger partial charge in [-0.1, -0.05) is 30.8 Å². The summed E-state index contributed by atoms with van der Waals surface area (Å²) in [7, 11) is 3.73. The number of aromatic nitrogens is 2. The third-order valence-corrected chi connectivity index (χ3v) is 7.11. The SMILES string of the molecule is C=CC(=O)N1CC(Cn2c(=O)c(=O)n(CCN(C)C)c3cc(-c4cc(O)cc5ccccc45)c(F)cc32)C1. The van der Waals surface area contributed by atoms with Gasteiger partial charge in [0.25, 0.3) is 0 Å². The van der Waals surface area contributed by atoms with E-state index in [0.29, 0.717) is 36.2 Å². The van der Waals surface area contributed by atoms with E-state index in [1.54, 1.807) is 17.0 Å². The number of hydrogen-bond acceptors (Lipinski definition) is 5. The zero-order valence-corrected chi connectivity index (χ0v) is 21.4. The molecule has 0 radical (unpaired) electrons. The molecule has 1 N–H and O–H groups in total. The van der Waals surface area contributed by atoms with Crippen LogP contribution >= 0.6 is 0 Å². The lowest BCUT2D eigenvalue weighted by Crippen LogP contribution is -2.52. The summed E-state index contributed by atoms with van der Waals surface area (Å²) < 4.78 is 18.5. The number of carbonyl (C=O) groups excluding carboxylic acids is 1. The van der Waals surface area contributed by atoms with Crippen LogP contribution in [-0.2, 0) is 17.9 Å². The van der Waals surface area contributed by atoms with E-state index in [1.165, 1.54) is 27.3 Å².